The summed E-state index contributed by atoms with van der Waals surface area (Å²) >= 11 is 11.8. The molecule has 0 unspecified atom stereocenters. The minimum absolute atomic E-state index is 0.0743. The second kappa shape index (κ2) is 8.17. The van der Waals surface area contributed by atoms with Crippen LogP contribution >= 0.6 is 23.2 Å². The van der Waals surface area contributed by atoms with Gasteiger partial charge in [-0.15, -0.1) is 0 Å². The van der Waals surface area contributed by atoms with Crippen molar-refractivity contribution < 1.29 is 23.9 Å². The Balaban J connectivity index is 1.82. The van der Waals surface area contributed by atoms with Crippen LogP contribution in [-0.4, -0.2) is 36.0 Å². The third-order valence-corrected chi connectivity index (χ3v) is 3.92. The topological polar surface area (TPSA) is 114 Å². The number of hydrogen-bond donors (Lipinski definition) is 3. The predicted octanol–water partition coefficient (Wildman–Crippen LogP) is 1.85. The number of carbonyl (C=O) groups excluding carboxylic acids is 4. The molecule has 0 spiro atoms. The van der Waals surface area contributed by atoms with E-state index in [1.807, 2.05) is 0 Å². The SMILES string of the molecule is C[C@H](OC(=O)CC[C@H]1NC(=O)NC1=O)C(=O)Nc1cc(Cl)ccc1Cl. The Morgan fingerprint density at radius 1 is 1.32 bits per heavy atom. The van der Waals surface area contributed by atoms with E-state index in [0.717, 1.165) is 0 Å². The summed E-state index contributed by atoms with van der Waals surface area (Å²) < 4.78 is 5.00. The molecular weight excluding hydrogens is 373 g/mol. The van der Waals surface area contributed by atoms with Crippen LogP contribution in [0.4, 0.5) is 10.5 Å². The Bertz CT molecular complexity index is 725. The van der Waals surface area contributed by atoms with Gasteiger partial charge >= 0.3 is 12.0 Å². The minimum Gasteiger partial charge on any atom is -0.453 e. The molecule has 1 aromatic carbocycles. The minimum atomic E-state index is -1.07. The Hall–Kier alpha value is -2.32. The van der Waals surface area contributed by atoms with E-state index in [4.69, 9.17) is 27.9 Å². The van der Waals surface area contributed by atoms with E-state index < -0.39 is 36.0 Å². The van der Waals surface area contributed by atoms with Gasteiger partial charge in [-0.3, -0.25) is 19.7 Å². The van der Waals surface area contributed by atoms with Gasteiger partial charge in [0.25, 0.3) is 11.8 Å². The van der Waals surface area contributed by atoms with Gasteiger partial charge in [0, 0.05) is 11.4 Å². The first-order valence-electron chi connectivity index (χ1n) is 7.33. The van der Waals surface area contributed by atoms with Crippen LogP contribution in [0.25, 0.3) is 0 Å². The van der Waals surface area contributed by atoms with Crippen molar-refractivity contribution in [3.05, 3.63) is 28.2 Å². The largest absolute Gasteiger partial charge is 0.453 e. The van der Waals surface area contributed by atoms with Gasteiger partial charge < -0.3 is 15.4 Å². The molecule has 4 amide bonds. The maximum Gasteiger partial charge on any atom is 0.322 e. The molecular formula is C15H15Cl2N3O5. The molecule has 2 rings (SSSR count). The van der Waals surface area contributed by atoms with Crippen LogP contribution in [0, 0.1) is 0 Å². The Morgan fingerprint density at radius 3 is 2.68 bits per heavy atom. The molecule has 3 N–H and O–H groups in total. The Labute approximate surface area is 153 Å². The maximum absolute atomic E-state index is 12.1. The zero-order chi connectivity index (χ0) is 18.6. The zero-order valence-corrected chi connectivity index (χ0v) is 14.6. The number of halogens is 2. The lowest BCUT2D eigenvalue weighted by Gasteiger charge is -2.15. The van der Waals surface area contributed by atoms with Crippen molar-refractivity contribution in [1.29, 1.82) is 0 Å². The van der Waals surface area contributed by atoms with Crippen molar-refractivity contribution in [3.8, 4) is 0 Å². The standard InChI is InChI=1S/C15H15Cl2N3O5/c1-7(13(22)18-11-6-8(16)2-3-9(11)17)25-12(21)5-4-10-14(23)20-15(24)19-10/h2-3,6-7,10H,4-5H2,1H3,(H,18,22)(H2,19,20,23,24)/t7-,10+/m0/s1. The van der Waals surface area contributed by atoms with Gasteiger partial charge in [0.05, 0.1) is 10.7 Å². The van der Waals surface area contributed by atoms with Crippen LogP contribution in [0.3, 0.4) is 0 Å². The predicted molar refractivity (Wildman–Crippen MR) is 90.3 cm³/mol. The maximum atomic E-state index is 12.1. The molecule has 25 heavy (non-hydrogen) atoms. The van der Waals surface area contributed by atoms with E-state index in [2.05, 4.69) is 16.0 Å². The summed E-state index contributed by atoms with van der Waals surface area (Å²) in [6, 6.07) is 3.18. The van der Waals surface area contributed by atoms with Crippen LogP contribution in [0.2, 0.25) is 10.0 Å². The summed E-state index contributed by atoms with van der Waals surface area (Å²) in [5.74, 6) is -1.75. The number of anilines is 1. The first-order chi connectivity index (χ1) is 11.8. The fourth-order valence-corrected chi connectivity index (χ4v) is 2.40. The quantitative estimate of drug-likeness (QED) is 0.509. The van der Waals surface area contributed by atoms with Crippen molar-refractivity contribution >= 4 is 52.7 Å². The number of nitrogens with one attached hydrogen (secondary N) is 3. The number of carbonyl (C=O) groups is 4. The normalized spacial score (nSPS) is 17.5. The lowest BCUT2D eigenvalue weighted by Crippen LogP contribution is -2.32. The molecule has 8 nitrogen and oxygen atoms in total. The second-order valence-electron chi connectivity index (χ2n) is 5.30. The molecule has 2 atom stereocenters. The van der Waals surface area contributed by atoms with Crippen LogP contribution < -0.4 is 16.0 Å². The smallest absolute Gasteiger partial charge is 0.322 e. The first-order valence-corrected chi connectivity index (χ1v) is 8.08. The third kappa shape index (κ3) is 5.33. The summed E-state index contributed by atoms with van der Waals surface area (Å²) in [4.78, 5) is 46.2. The number of esters is 1. The van der Waals surface area contributed by atoms with E-state index in [0.29, 0.717) is 15.7 Å². The molecule has 1 aliphatic rings. The van der Waals surface area contributed by atoms with E-state index in [1.165, 1.54) is 19.1 Å². The fourth-order valence-electron chi connectivity index (χ4n) is 2.06. The van der Waals surface area contributed by atoms with Crippen LogP contribution in [0.5, 0.6) is 0 Å². The molecule has 134 valence electrons. The molecule has 10 heteroatoms. The molecule has 0 aromatic heterocycles. The highest BCUT2D eigenvalue weighted by Crippen LogP contribution is 2.25. The summed E-state index contributed by atoms with van der Waals surface area (Å²) in [7, 11) is 0. The molecule has 0 bridgehead atoms. The van der Waals surface area contributed by atoms with Gasteiger partial charge in [0.1, 0.15) is 6.04 Å². The molecule has 1 saturated heterocycles. The molecule has 0 saturated carbocycles. The van der Waals surface area contributed by atoms with E-state index in [1.54, 1.807) is 6.07 Å². The lowest BCUT2D eigenvalue weighted by atomic mass is 10.1. The van der Waals surface area contributed by atoms with Gasteiger partial charge in [0.2, 0.25) is 0 Å². The van der Waals surface area contributed by atoms with E-state index in [9.17, 15) is 19.2 Å². The third-order valence-electron chi connectivity index (χ3n) is 3.36. The van der Waals surface area contributed by atoms with Crippen LogP contribution in [0.15, 0.2) is 18.2 Å². The number of imide groups is 1. The molecule has 1 aliphatic heterocycles. The van der Waals surface area contributed by atoms with Gasteiger partial charge in [-0.1, -0.05) is 23.2 Å². The number of ether oxygens (including phenoxy) is 1. The first kappa shape index (κ1) is 19.0. The van der Waals surface area contributed by atoms with Gasteiger partial charge in [-0.25, -0.2) is 4.79 Å². The van der Waals surface area contributed by atoms with Gasteiger partial charge in [-0.2, -0.15) is 0 Å². The number of benzene rings is 1. The van der Waals surface area contributed by atoms with E-state index in [-0.39, 0.29) is 12.8 Å². The summed E-state index contributed by atoms with van der Waals surface area (Å²) in [5, 5.41) is 7.62. The van der Waals surface area contributed by atoms with Crippen molar-refractivity contribution in [1.82, 2.24) is 10.6 Å². The highest BCUT2D eigenvalue weighted by atomic mass is 35.5. The van der Waals surface area contributed by atoms with Gasteiger partial charge in [-0.05, 0) is 31.5 Å². The Kier molecular flexibility index (Phi) is 6.22. The van der Waals surface area contributed by atoms with Crippen LogP contribution in [-0.2, 0) is 19.1 Å². The molecule has 1 heterocycles. The number of urea groups is 1. The molecule has 1 fully saturated rings. The molecule has 1 aromatic rings. The highest BCUT2D eigenvalue weighted by molar-refractivity contribution is 6.35. The number of rotatable bonds is 6. The Morgan fingerprint density at radius 2 is 2.04 bits per heavy atom. The van der Waals surface area contributed by atoms with Crippen molar-refractivity contribution in [3.63, 3.8) is 0 Å². The second-order valence-corrected chi connectivity index (χ2v) is 6.14. The zero-order valence-electron chi connectivity index (χ0n) is 13.1. The van der Waals surface area contributed by atoms with Crippen molar-refractivity contribution in [2.45, 2.75) is 31.9 Å². The highest BCUT2D eigenvalue weighted by Gasteiger charge is 2.30. The lowest BCUT2D eigenvalue weighted by molar-refractivity contribution is -0.153. The van der Waals surface area contributed by atoms with Crippen molar-refractivity contribution in [2.24, 2.45) is 0 Å². The van der Waals surface area contributed by atoms with Gasteiger partial charge in [0.15, 0.2) is 6.10 Å². The monoisotopic (exact) mass is 387 g/mol. The number of amides is 4. The number of hydrogen-bond acceptors (Lipinski definition) is 5. The van der Waals surface area contributed by atoms with Crippen molar-refractivity contribution in [2.75, 3.05) is 5.32 Å². The average Bonchev–Trinajstić information content (AvgIpc) is 2.86. The molecule has 0 aliphatic carbocycles. The molecule has 0 radical (unpaired) electrons. The fraction of sp³-hybridized carbons (Fsp3) is 0.333. The van der Waals surface area contributed by atoms with E-state index >= 15 is 0 Å². The summed E-state index contributed by atoms with van der Waals surface area (Å²) in [6.07, 6.45) is -1.13. The summed E-state index contributed by atoms with van der Waals surface area (Å²) in [5.41, 5.74) is 0.299. The average molecular weight is 388 g/mol. The van der Waals surface area contributed by atoms with Crippen LogP contribution in [0.1, 0.15) is 19.8 Å². The summed E-state index contributed by atoms with van der Waals surface area (Å²) in [6.45, 7) is 1.40.